The maximum absolute atomic E-state index is 3.98. The van der Waals surface area contributed by atoms with Crippen LogP contribution in [0.15, 0.2) is 261 Å². The van der Waals surface area contributed by atoms with Gasteiger partial charge in [-0.05, 0) is 148 Å². The van der Waals surface area contributed by atoms with Crippen molar-refractivity contribution < 1.29 is 0 Å². The van der Waals surface area contributed by atoms with E-state index in [0.717, 1.165) is 47.0 Å². The molecule has 1 aliphatic rings. The third-order valence-electron chi connectivity index (χ3n) is 14.1. The van der Waals surface area contributed by atoms with E-state index in [9.17, 15) is 0 Å². The second-order valence-corrected chi connectivity index (χ2v) is 19.7. The highest BCUT2D eigenvalue weighted by Crippen LogP contribution is 2.50. The monoisotopic (exact) mass is 937 g/mol. The van der Waals surface area contributed by atoms with Crippen LogP contribution in [-0.4, -0.2) is 7.28 Å². The lowest BCUT2D eigenvalue weighted by molar-refractivity contribution is 1.25. The molecule has 0 saturated heterocycles. The molecule has 1 aromatic heterocycles. The van der Waals surface area contributed by atoms with Gasteiger partial charge >= 0.3 is 0 Å². The van der Waals surface area contributed by atoms with Crippen LogP contribution < -0.4 is 26.0 Å². The van der Waals surface area contributed by atoms with Gasteiger partial charge in [0.2, 0.25) is 0 Å². The molecule has 0 bridgehead atoms. The summed E-state index contributed by atoms with van der Waals surface area (Å²) in [5.41, 5.74) is 22.3. The van der Waals surface area contributed by atoms with E-state index in [0.29, 0.717) is 0 Å². The molecule has 1 aliphatic heterocycles. The first-order valence-electron chi connectivity index (χ1n) is 24.7. The van der Waals surface area contributed by atoms with Crippen molar-refractivity contribution in [2.24, 2.45) is 0 Å². The van der Waals surface area contributed by atoms with Crippen LogP contribution in [-0.2, 0) is 0 Å². The Labute approximate surface area is 425 Å². The van der Waals surface area contributed by atoms with Crippen LogP contribution in [0.3, 0.4) is 0 Å². The van der Waals surface area contributed by atoms with Crippen LogP contribution >= 0.6 is 11.3 Å². The second kappa shape index (κ2) is 18.5. The van der Waals surface area contributed by atoms with Crippen molar-refractivity contribution in [1.82, 2.24) is 0 Å². The third-order valence-corrected chi connectivity index (χ3v) is 15.3. The number of nitrogens with zero attached hydrogens (tertiary/aromatic N) is 2. The van der Waals surface area contributed by atoms with Gasteiger partial charge in [0.25, 0.3) is 0 Å². The highest BCUT2D eigenvalue weighted by molar-refractivity contribution is 7.26. The average molecular weight is 938 g/mol. The van der Waals surface area contributed by atoms with Crippen molar-refractivity contribution in [2.45, 2.75) is 6.92 Å². The van der Waals surface area contributed by atoms with E-state index in [1.807, 2.05) is 11.3 Å². The Balaban J connectivity index is 1.08. The SMILES string of the molecule is Cc1cc(-c2ccccc2)ccc1N1c2ccc(N(c3ccccc3)c3ccccc3)cc2Bc2c(-c3cc(-c4ccccc4)ccc3Nc3cccc(-c4ccccc4)c3)cc3sc4ccccc4c3c21. The number of aryl methyl sites for hydroxylation is 1. The number of hydrogen-bond acceptors (Lipinski definition) is 4. The summed E-state index contributed by atoms with van der Waals surface area (Å²) in [6.07, 6.45) is 0. The zero-order valence-corrected chi connectivity index (χ0v) is 40.7. The molecule has 0 saturated carbocycles. The van der Waals surface area contributed by atoms with Gasteiger partial charge < -0.3 is 15.1 Å². The van der Waals surface area contributed by atoms with Crippen LogP contribution in [0.5, 0.6) is 0 Å². The van der Waals surface area contributed by atoms with Gasteiger partial charge in [0, 0.05) is 65.5 Å². The molecular weight excluding hydrogens is 890 g/mol. The number of anilines is 8. The largest absolute Gasteiger partial charge is 0.355 e. The third kappa shape index (κ3) is 7.91. The lowest BCUT2D eigenvalue weighted by Gasteiger charge is -2.37. The van der Waals surface area contributed by atoms with Crippen molar-refractivity contribution in [1.29, 1.82) is 0 Å². The fourth-order valence-electron chi connectivity index (χ4n) is 10.8. The normalized spacial score (nSPS) is 11.8. The van der Waals surface area contributed by atoms with Gasteiger partial charge in [-0.1, -0.05) is 175 Å². The Hall–Kier alpha value is -8.90. The van der Waals surface area contributed by atoms with E-state index in [2.05, 4.69) is 283 Å². The Morgan fingerprint density at radius 1 is 0.417 bits per heavy atom. The van der Waals surface area contributed by atoms with Gasteiger partial charge in [0.05, 0.1) is 5.69 Å². The standard InChI is InChI=1S/C67H48BN3S/c1-45-40-50(47-22-9-3-10-23-47)35-38-61(45)71-62-39-36-55(70(53-28-13-5-14-29-53)54-30-15-6-16-31-54)43-59(62)68-66-58(44-64-65(67(66)71)56-32-17-18-33-63(56)72-64)57-42-51(48-24-11-4-12-25-48)34-37-60(57)69-52-27-19-26-49(41-52)46-20-7-2-8-21-46/h2-44,68-69H,1H3. The Kier molecular flexibility index (Phi) is 11.1. The zero-order valence-electron chi connectivity index (χ0n) is 39.8. The Morgan fingerprint density at radius 3 is 1.62 bits per heavy atom. The molecule has 0 unspecified atom stereocenters. The number of fused-ring (bicyclic) bond motifs is 6. The smallest absolute Gasteiger partial charge is 0.198 e. The molecule has 0 atom stereocenters. The van der Waals surface area contributed by atoms with Crippen molar-refractivity contribution in [3.8, 4) is 44.5 Å². The molecule has 11 aromatic carbocycles. The molecule has 340 valence electrons. The van der Waals surface area contributed by atoms with Crippen LogP contribution in [0.25, 0.3) is 64.7 Å². The van der Waals surface area contributed by atoms with Crippen LogP contribution in [0, 0.1) is 6.92 Å². The van der Waals surface area contributed by atoms with Crippen molar-refractivity contribution in [2.75, 3.05) is 15.1 Å². The average Bonchev–Trinajstić information content (AvgIpc) is 3.83. The second-order valence-electron chi connectivity index (χ2n) is 18.6. The van der Waals surface area contributed by atoms with Crippen molar-refractivity contribution in [3.05, 3.63) is 266 Å². The highest BCUT2D eigenvalue weighted by atomic mass is 32.1. The number of nitrogens with one attached hydrogen (secondary N) is 1. The summed E-state index contributed by atoms with van der Waals surface area (Å²) >= 11 is 1.88. The maximum Gasteiger partial charge on any atom is 0.198 e. The van der Waals surface area contributed by atoms with E-state index in [4.69, 9.17) is 0 Å². The minimum atomic E-state index is 0.724. The number of thiophene rings is 1. The van der Waals surface area contributed by atoms with E-state index in [-0.39, 0.29) is 0 Å². The molecule has 0 spiro atoms. The predicted octanol–water partition coefficient (Wildman–Crippen LogP) is 17.4. The van der Waals surface area contributed by atoms with E-state index >= 15 is 0 Å². The van der Waals surface area contributed by atoms with E-state index in [1.54, 1.807) is 0 Å². The molecule has 72 heavy (non-hydrogen) atoms. The summed E-state index contributed by atoms with van der Waals surface area (Å²) < 4.78 is 2.54. The summed E-state index contributed by atoms with van der Waals surface area (Å²) in [6, 6.07) is 95.0. The molecule has 0 aliphatic carbocycles. The number of para-hydroxylation sites is 2. The van der Waals surface area contributed by atoms with Crippen LogP contribution in [0.2, 0.25) is 0 Å². The molecule has 0 fully saturated rings. The molecular formula is C67H48BN3S. The predicted molar refractivity (Wildman–Crippen MR) is 311 cm³/mol. The van der Waals surface area contributed by atoms with Gasteiger partial charge in [-0.2, -0.15) is 0 Å². The molecule has 2 heterocycles. The lowest BCUT2D eigenvalue weighted by Crippen LogP contribution is -2.41. The first kappa shape index (κ1) is 43.1. The molecule has 0 radical (unpaired) electrons. The zero-order chi connectivity index (χ0) is 48.0. The molecule has 0 amide bonds. The topological polar surface area (TPSA) is 18.5 Å². The Bertz CT molecular complexity index is 3890. The van der Waals surface area contributed by atoms with Gasteiger partial charge in [-0.25, -0.2) is 0 Å². The summed E-state index contributed by atoms with van der Waals surface area (Å²) in [4.78, 5) is 4.98. The number of rotatable bonds is 10. The highest BCUT2D eigenvalue weighted by Gasteiger charge is 2.33. The fourth-order valence-corrected chi connectivity index (χ4v) is 11.9. The first-order valence-corrected chi connectivity index (χ1v) is 25.5. The summed E-state index contributed by atoms with van der Waals surface area (Å²) in [5, 5.41) is 6.54. The molecule has 12 aromatic rings. The van der Waals surface area contributed by atoms with Crippen LogP contribution in [0.1, 0.15) is 5.56 Å². The minimum Gasteiger partial charge on any atom is -0.355 e. The maximum atomic E-state index is 3.98. The minimum absolute atomic E-state index is 0.724. The molecule has 5 heteroatoms. The van der Waals surface area contributed by atoms with E-state index < -0.39 is 0 Å². The lowest BCUT2D eigenvalue weighted by atomic mass is 9.57. The summed E-state index contributed by atoms with van der Waals surface area (Å²) in [7, 11) is 0.724. The first-order chi connectivity index (χ1) is 35.6. The van der Waals surface area contributed by atoms with Gasteiger partial charge in [0.1, 0.15) is 0 Å². The molecule has 3 nitrogen and oxygen atoms in total. The van der Waals surface area contributed by atoms with Gasteiger partial charge in [-0.3, -0.25) is 0 Å². The summed E-state index contributed by atoms with van der Waals surface area (Å²) in [6.45, 7) is 2.28. The van der Waals surface area contributed by atoms with Gasteiger partial charge in [0.15, 0.2) is 7.28 Å². The molecule has 13 rings (SSSR count). The van der Waals surface area contributed by atoms with Gasteiger partial charge in [-0.15, -0.1) is 11.3 Å². The number of hydrogen-bond donors (Lipinski definition) is 1. The Morgan fingerprint density at radius 2 is 0.972 bits per heavy atom. The quantitative estimate of drug-likeness (QED) is 0.138. The number of benzene rings is 11. The van der Waals surface area contributed by atoms with Crippen molar-refractivity contribution >= 4 is 95.2 Å². The van der Waals surface area contributed by atoms with Crippen LogP contribution in [0.4, 0.5) is 45.5 Å². The van der Waals surface area contributed by atoms with E-state index in [1.165, 1.54) is 87.0 Å². The molecule has 1 N–H and O–H groups in total. The fraction of sp³-hybridized carbons (Fsp3) is 0.0149. The van der Waals surface area contributed by atoms with Crippen molar-refractivity contribution in [3.63, 3.8) is 0 Å². The summed E-state index contributed by atoms with van der Waals surface area (Å²) in [5.74, 6) is 0.